The summed E-state index contributed by atoms with van der Waals surface area (Å²) in [6.07, 6.45) is -9.00. The lowest BCUT2D eigenvalue weighted by Crippen LogP contribution is -2.51. The van der Waals surface area contributed by atoms with Crippen molar-refractivity contribution in [1.82, 2.24) is 9.84 Å². The number of sulfonamides is 1. The lowest BCUT2D eigenvalue weighted by Gasteiger charge is -2.41. The Hall–Kier alpha value is -2.41. The maximum atomic E-state index is 13.1. The number of halogens is 6. The third kappa shape index (κ3) is 7.06. The van der Waals surface area contributed by atoms with Crippen molar-refractivity contribution in [2.75, 3.05) is 19.7 Å². The van der Waals surface area contributed by atoms with Gasteiger partial charge in [0, 0.05) is 23.9 Å². The molecule has 0 aromatic heterocycles. The number of hydrogen-bond donors (Lipinski definition) is 1. The van der Waals surface area contributed by atoms with Gasteiger partial charge in [-0.15, -0.1) is 4.83 Å². The molecule has 2 aromatic carbocycles. The molecule has 1 N–H and O–H groups in total. The van der Waals surface area contributed by atoms with Gasteiger partial charge in [0.1, 0.15) is 0 Å². The second-order valence-electron chi connectivity index (χ2n) is 8.34. The summed E-state index contributed by atoms with van der Waals surface area (Å²) in [6, 6.07) is 10.5. The molecule has 12 heteroatoms. The number of piperidine rings is 1. The van der Waals surface area contributed by atoms with Crippen molar-refractivity contribution in [3.63, 3.8) is 0 Å². The van der Waals surface area contributed by atoms with Crippen molar-refractivity contribution in [2.45, 2.75) is 37.2 Å². The Balaban J connectivity index is 1.78. The highest BCUT2D eigenvalue weighted by Crippen LogP contribution is 2.38. The number of hydrogen-bond acceptors (Lipinski definition) is 4. The topological polar surface area (TPSA) is 58.6 Å². The Bertz CT molecular complexity index is 1090. The van der Waals surface area contributed by atoms with Crippen LogP contribution in [-0.2, 0) is 39.1 Å². The third-order valence-corrected chi connectivity index (χ3v) is 6.83. The number of nitrogens with zero attached hydrogens (tertiary/aromatic N) is 1. The number of nitrogens with one attached hydrogen (secondary N) is 1. The standard InChI is InChI=1S/C23H24F6N2O3S/c1-2-35(32,33)30-31-10-8-21(9-11-31,18-6-4-3-5-7-18)16-34-15-17-12-19(22(24,25)26)14-20(13-17)23(27,28)29/h2-7,12-14,30H,1,8-11,15-16H2. The van der Waals surface area contributed by atoms with E-state index in [4.69, 9.17) is 4.74 Å². The van der Waals surface area contributed by atoms with Crippen LogP contribution in [0.1, 0.15) is 35.1 Å². The van der Waals surface area contributed by atoms with Crippen LogP contribution in [0.2, 0.25) is 0 Å². The summed E-state index contributed by atoms with van der Waals surface area (Å²) < 4.78 is 108. The molecule has 0 radical (unpaired) electrons. The van der Waals surface area contributed by atoms with Gasteiger partial charge in [0.05, 0.1) is 24.3 Å². The van der Waals surface area contributed by atoms with Gasteiger partial charge in [-0.1, -0.05) is 36.9 Å². The summed E-state index contributed by atoms with van der Waals surface area (Å²) >= 11 is 0. The Morgan fingerprint density at radius 1 is 0.971 bits per heavy atom. The van der Waals surface area contributed by atoms with Gasteiger partial charge in [-0.05, 0) is 42.2 Å². The van der Waals surface area contributed by atoms with Crippen molar-refractivity contribution in [1.29, 1.82) is 0 Å². The molecule has 3 rings (SSSR count). The van der Waals surface area contributed by atoms with Crippen molar-refractivity contribution in [3.05, 3.63) is 82.8 Å². The summed E-state index contributed by atoms with van der Waals surface area (Å²) in [5.74, 6) is 0. The Labute approximate surface area is 199 Å². The summed E-state index contributed by atoms with van der Waals surface area (Å²) in [5.41, 5.74) is -2.76. The quantitative estimate of drug-likeness (QED) is 0.481. The zero-order valence-corrected chi connectivity index (χ0v) is 19.3. The molecule has 5 nitrogen and oxygen atoms in total. The molecule has 1 fully saturated rings. The van der Waals surface area contributed by atoms with Crippen molar-refractivity contribution >= 4 is 10.0 Å². The molecule has 2 aromatic rings. The first-order chi connectivity index (χ1) is 16.2. The van der Waals surface area contributed by atoms with E-state index < -0.39 is 45.5 Å². The van der Waals surface area contributed by atoms with E-state index >= 15 is 0 Å². The average molecular weight is 523 g/mol. The minimum absolute atomic E-state index is 0.0245. The van der Waals surface area contributed by atoms with Crippen LogP contribution >= 0.6 is 0 Å². The van der Waals surface area contributed by atoms with Gasteiger partial charge in [0.25, 0.3) is 0 Å². The molecule has 0 saturated carbocycles. The maximum Gasteiger partial charge on any atom is 0.416 e. The smallest absolute Gasteiger partial charge is 0.376 e. The van der Waals surface area contributed by atoms with Crippen molar-refractivity contribution in [2.24, 2.45) is 0 Å². The fraction of sp³-hybridized carbons (Fsp3) is 0.391. The van der Waals surface area contributed by atoms with Gasteiger partial charge in [0.2, 0.25) is 10.0 Å². The van der Waals surface area contributed by atoms with Crippen LogP contribution in [0.5, 0.6) is 0 Å². The highest BCUT2D eigenvalue weighted by Gasteiger charge is 2.39. The highest BCUT2D eigenvalue weighted by atomic mass is 32.2. The van der Waals surface area contributed by atoms with Gasteiger partial charge in [-0.2, -0.15) is 26.3 Å². The first-order valence-corrected chi connectivity index (χ1v) is 12.1. The molecule has 1 aliphatic rings. The fourth-order valence-corrected chi connectivity index (χ4v) is 4.64. The third-order valence-electron chi connectivity index (χ3n) is 5.88. The predicted octanol–water partition coefficient (Wildman–Crippen LogP) is 5.25. The van der Waals surface area contributed by atoms with E-state index in [2.05, 4.69) is 11.4 Å². The normalized spacial score (nSPS) is 17.3. The molecule has 0 spiro atoms. The molecule has 1 saturated heterocycles. The lowest BCUT2D eigenvalue weighted by molar-refractivity contribution is -0.143. The second-order valence-corrected chi connectivity index (χ2v) is 9.95. The number of hydrazine groups is 1. The van der Waals surface area contributed by atoms with Gasteiger partial charge in [-0.25, -0.2) is 13.4 Å². The molecule has 0 aliphatic carbocycles. The van der Waals surface area contributed by atoms with E-state index in [1.54, 1.807) is 0 Å². The first-order valence-electron chi connectivity index (χ1n) is 10.6. The van der Waals surface area contributed by atoms with Gasteiger partial charge < -0.3 is 4.74 Å². The first kappa shape index (κ1) is 27.2. The number of alkyl halides is 6. The zero-order valence-electron chi connectivity index (χ0n) is 18.5. The van der Waals surface area contributed by atoms with E-state index in [-0.39, 0.29) is 18.2 Å². The van der Waals surface area contributed by atoms with E-state index in [9.17, 15) is 34.8 Å². The summed E-state index contributed by atoms with van der Waals surface area (Å²) in [4.78, 5) is 2.39. The molecule has 0 atom stereocenters. The molecule has 0 amide bonds. The number of ether oxygens (including phenoxy) is 1. The van der Waals surface area contributed by atoms with E-state index in [0.717, 1.165) is 11.0 Å². The minimum Gasteiger partial charge on any atom is -0.376 e. The Morgan fingerprint density at radius 2 is 1.51 bits per heavy atom. The molecule has 1 heterocycles. The molecule has 0 bridgehead atoms. The molecule has 192 valence electrons. The lowest BCUT2D eigenvalue weighted by atomic mass is 9.73. The van der Waals surface area contributed by atoms with Gasteiger partial charge in [0.15, 0.2) is 0 Å². The minimum atomic E-state index is -4.94. The zero-order chi connectivity index (χ0) is 25.9. The van der Waals surface area contributed by atoms with E-state index in [0.29, 0.717) is 38.1 Å². The van der Waals surface area contributed by atoms with Crippen LogP contribution in [0.4, 0.5) is 26.3 Å². The van der Waals surface area contributed by atoms with Crippen LogP contribution in [0.25, 0.3) is 0 Å². The van der Waals surface area contributed by atoms with E-state index in [1.807, 2.05) is 30.3 Å². The van der Waals surface area contributed by atoms with Crippen LogP contribution in [-0.4, -0.2) is 33.1 Å². The van der Waals surface area contributed by atoms with Crippen LogP contribution < -0.4 is 4.83 Å². The molecule has 1 aliphatic heterocycles. The number of rotatable bonds is 8. The SMILES string of the molecule is C=CS(=O)(=O)NN1CCC(COCc2cc(C(F)(F)F)cc(C(F)(F)F)c2)(c2ccccc2)CC1. The second kappa shape index (κ2) is 10.3. The summed E-state index contributed by atoms with van der Waals surface area (Å²) in [5, 5.41) is 2.31. The average Bonchev–Trinajstić information content (AvgIpc) is 2.79. The Kier molecular flexibility index (Phi) is 7.99. The maximum absolute atomic E-state index is 13.1. The molecule has 0 unspecified atom stereocenters. The van der Waals surface area contributed by atoms with Crippen molar-refractivity contribution in [3.8, 4) is 0 Å². The summed E-state index contributed by atoms with van der Waals surface area (Å²) in [6.45, 7) is 3.45. The molecule has 35 heavy (non-hydrogen) atoms. The van der Waals surface area contributed by atoms with Gasteiger partial charge in [-0.3, -0.25) is 0 Å². The van der Waals surface area contributed by atoms with Crippen molar-refractivity contribution < 1.29 is 39.5 Å². The fourth-order valence-electron chi connectivity index (χ4n) is 4.02. The number of benzene rings is 2. The molecular weight excluding hydrogens is 498 g/mol. The summed E-state index contributed by atoms with van der Waals surface area (Å²) in [7, 11) is -3.68. The largest absolute Gasteiger partial charge is 0.416 e. The predicted molar refractivity (Wildman–Crippen MR) is 117 cm³/mol. The Morgan fingerprint density at radius 3 is 2.00 bits per heavy atom. The van der Waals surface area contributed by atoms with Crippen LogP contribution in [0.15, 0.2) is 60.5 Å². The highest BCUT2D eigenvalue weighted by molar-refractivity contribution is 7.92. The van der Waals surface area contributed by atoms with Crippen LogP contribution in [0.3, 0.4) is 0 Å². The van der Waals surface area contributed by atoms with Gasteiger partial charge >= 0.3 is 12.4 Å². The monoisotopic (exact) mass is 522 g/mol. The van der Waals surface area contributed by atoms with E-state index in [1.165, 1.54) is 5.01 Å². The molecular formula is C23H24F6N2O3S. The van der Waals surface area contributed by atoms with Crippen LogP contribution in [0, 0.1) is 0 Å².